The van der Waals surface area contributed by atoms with E-state index in [1.807, 2.05) is 39.0 Å². The summed E-state index contributed by atoms with van der Waals surface area (Å²) in [7, 11) is 0. The van der Waals surface area contributed by atoms with Crippen molar-refractivity contribution in [3.8, 4) is 0 Å². The molecule has 1 aromatic rings. The molecule has 0 radical (unpaired) electrons. The molecular weight excluding hydrogens is 350 g/mol. The molecule has 3 N–H and O–H groups in total. The SMILES string of the molecule is Cc1cccc(C(=O)NC(C(=O)NCCC2CCCNC2)C(C)C)c1.Cl. The van der Waals surface area contributed by atoms with Crippen molar-refractivity contribution < 1.29 is 9.59 Å². The van der Waals surface area contributed by atoms with E-state index >= 15 is 0 Å². The second kappa shape index (κ2) is 11.2. The molecule has 1 saturated heterocycles. The number of carbonyl (C=O) groups is 2. The summed E-state index contributed by atoms with van der Waals surface area (Å²) in [5, 5.41) is 9.28. The molecule has 146 valence electrons. The second-order valence-corrected chi connectivity index (χ2v) is 7.36. The molecule has 0 spiro atoms. The van der Waals surface area contributed by atoms with Crippen LogP contribution in [0, 0.1) is 18.8 Å². The van der Waals surface area contributed by atoms with Crippen molar-refractivity contribution in [3.63, 3.8) is 0 Å². The van der Waals surface area contributed by atoms with Gasteiger partial charge in [-0.3, -0.25) is 9.59 Å². The van der Waals surface area contributed by atoms with E-state index in [4.69, 9.17) is 0 Å². The maximum absolute atomic E-state index is 12.5. The second-order valence-electron chi connectivity index (χ2n) is 7.36. The Balaban J connectivity index is 0.00000338. The Morgan fingerprint density at radius 1 is 1.31 bits per heavy atom. The van der Waals surface area contributed by atoms with Crippen LogP contribution in [0.2, 0.25) is 0 Å². The summed E-state index contributed by atoms with van der Waals surface area (Å²) < 4.78 is 0. The van der Waals surface area contributed by atoms with Crippen LogP contribution in [-0.2, 0) is 4.79 Å². The maximum Gasteiger partial charge on any atom is 0.251 e. The van der Waals surface area contributed by atoms with E-state index in [0.717, 1.165) is 25.1 Å². The van der Waals surface area contributed by atoms with Crippen molar-refractivity contribution >= 4 is 24.2 Å². The van der Waals surface area contributed by atoms with Gasteiger partial charge in [0.1, 0.15) is 6.04 Å². The number of nitrogens with one attached hydrogen (secondary N) is 3. The first-order chi connectivity index (χ1) is 12.0. The number of piperidine rings is 1. The number of carbonyl (C=O) groups excluding carboxylic acids is 2. The fourth-order valence-corrected chi connectivity index (χ4v) is 3.23. The Labute approximate surface area is 163 Å². The van der Waals surface area contributed by atoms with Crippen molar-refractivity contribution in [2.75, 3.05) is 19.6 Å². The third kappa shape index (κ3) is 6.96. The number of amides is 2. The summed E-state index contributed by atoms with van der Waals surface area (Å²) >= 11 is 0. The van der Waals surface area contributed by atoms with Crippen LogP contribution in [0.15, 0.2) is 24.3 Å². The van der Waals surface area contributed by atoms with Crippen molar-refractivity contribution in [2.24, 2.45) is 11.8 Å². The van der Waals surface area contributed by atoms with Crippen molar-refractivity contribution in [2.45, 2.75) is 46.1 Å². The summed E-state index contributed by atoms with van der Waals surface area (Å²) in [5.74, 6) is 0.368. The van der Waals surface area contributed by atoms with Gasteiger partial charge >= 0.3 is 0 Å². The minimum absolute atomic E-state index is 0. The Bertz CT molecular complexity index is 586. The standard InChI is InChI=1S/C20H31N3O2.ClH/c1-14(2)18(23-19(24)17-8-4-6-15(3)12-17)20(25)22-11-9-16-7-5-10-21-13-16;/h4,6,8,12,14,16,18,21H,5,7,9-11,13H2,1-3H3,(H,22,25)(H,23,24);1H. The zero-order valence-electron chi connectivity index (χ0n) is 16.0. The minimum Gasteiger partial charge on any atom is -0.354 e. The van der Waals surface area contributed by atoms with E-state index in [1.54, 1.807) is 6.07 Å². The molecule has 0 aliphatic carbocycles. The molecule has 2 rings (SSSR count). The largest absolute Gasteiger partial charge is 0.354 e. The molecule has 0 aromatic heterocycles. The molecule has 1 fully saturated rings. The van der Waals surface area contributed by atoms with Crippen LogP contribution in [-0.4, -0.2) is 37.5 Å². The first-order valence-corrected chi connectivity index (χ1v) is 9.33. The molecule has 2 atom stereocenters. The highest BCUT2D eigenvalue weighted by Gasteiger charge is 2.24. The maximum atomic E-state index is 12.5. The number of benzene rings is 1. The molecule has 1 aliphatic rings. The van der Waals surface area contributed by atoms with Crippen molar-refractivity contribution in [1.82, 2.24) is 16.0 Å². The van der Waals surface area contributed by atoms with Crippen LogP contribution in [0.5, 0.6) is 0 Å². The molecule has 0 bridgehead atoms. The predicted molar refractivity (Wildman–Crippen MR) is 108 cm³/mol. The average Bonchev–Trinajstić information content (AvgIpc) is 2.60. The molecule has 0 saturated carbocycles. The van der Waals surface area contributed by atoms with Crippen LogP contribution < -0.4 is 16.0 Å². The Morgan fingerprint density at radius 2 is 2.08 bits per heavy atom. The van der Waals surface area contributed by atoms with Gasteiger partial charge in [0.15, 0.2) is 0 Å². The van der Waals surface area contributed by atoms with Gasteiger partial charge in [0, 0.05) is 12.1 Å². The first kappa shape index (κ1) is 22.5. The molecule has 2 amide bonds. The number of aryl methyl sites for hydroxylation is 1. The lowest BCUT2D eigenvalue weighted by Crippen LogP contribution is -2.50. The molecule has 1 heterocycles. The molecular formula is C20H32ClN3O2. The predicted octanol–water partition coefficient (Wildman–Crippen LogP) is 2.68. The summed E-state index contributed by atoms with van der Waals surface area (Å²) in [6.07, 6.45) is 3.41. The minimum atomic E-state index is -0.516. The Kier molecular flexibility index (Phi) is 9.66. The van der Waals surface area contributed by atoms with Crippen LogP contribution in [0.25, 0.3) is 0 Å². The monoisotopic (exact) mass is 381 g/mol. The quantitative estimate of drug-likeness (QED) is 0.680. The highest BCUT2D eigenvalue weighted by molar-refractivity contribution is 5.97. The van der Waals surface area contributed by atoms with Gasteiger partial charge < -0.3 is 16.0 Å². The molecule has 5 nitrogen and oxygen atoms in total. The first-order valence-electron chi connectivity index (χ1n) is 9.33. The van der Waals surface area contributed by atoms with E-state index in [1.165, 1.54) is 12.8 Å². The van der Waals surface area contributed by atoms with Crippen LogP contribution in [0.1, 0.15) is 49.0 Å². The lowest BCUT2D eigenvalue weighted by Gasteiger charge is -2.24. The van der Waals surface area contributed by atoms with Gasteiger partial charge in [-0.15, -0.1) is 12.4 Å². The van der Waals surface area contributed by atoms with Crippen LogP contribution >= 0.6 is 12.4 Å². The third-order valence-electron chi connectivity index (χ3n) is 4.77. The van der Waals surface area contributed by atoms with Gasteiger partial charge in [-0.25, -0.2) is 0 Å². The lowest BCUT2D eigenvalue weighted by molar-refractivity contribution is -0.124. The van der Waals surface area contributed by atoms with Crippen molar-refractivity contribution in [3.05, 3.63) is 35.4 Å². The van der Waals surface area contributed by atoms with Gasteiger partial charge in [-0.1, -0.05) is 31.5 Å². The van der Waals surface area contributed by atoms with E-state index in [0.29, 0.717) is 18.0 Å². The zero-order valence-corrected chi connectivity index (χ0v) is 16.8. The van der Waals surface area contributed by atoms with Gasteiger partial charge in [-0.2, -0.15) is 0 Å². The summed E-state index contributed by atoms with van der Waals surface area (Å²) in [4.78, 5) is 25.0. The summed E-state index contributed by atoms with van der Waals surface area (Å²) in [6.45, 7) is 8.65. The number of hydrogen-bond donors (Lipinski definition) is 3. The highest BCUT2D eigenvalue weighted by atomic mass is 35.5. The van der Waals surface area contributed by atoms with Crippen LogP contribution in [0.3, 0.4) is 0 Å². The zero-order chi connectivity index (χ0) is 18.2. The fraction of sp³-hybridized carbons (Fsp3) is 0.600. The lowest BCUT2D eigenvalue weighted by atomic mass is 9.96. The Morgan fingerprint density at radius 3 is 2.69 bits per heavy atom. The normalized spacial score (nSPS) is 17.9. The van der Waals surface area contributed by atoms with Gasteiger partial charge in [0.2, 0.25) is 5.91 Å². The Hall–Kier alpha value is -1.59. The summed E-state index contributed by atoms with van der Waals surface area (Å²) in [6, 6.07) is 6.89. The number of hydrogen-bond acceptors (Lipinski definition) is 3. The topological polar surface area (TPSA) is 70.2 Å². The molecule has 6 heteroatoms. The third-order valence-corrected chi connectivity index (χ3v) is 4.77. The smallest absolute Gasteiger partial charge is 0.251 e. The molecule has 1 aliphatic heterocycles. The van der Waals surface area contributed by atoms with Crippen LogP contribution in [0.4, 0.5) is 0 Å². The van der Waals surface area contributed by atoms with E-state index in [-0.39, 0.29) is 30.1 Å². The highest BCUT2D eigenvalue weighted by Crippen LogP contribution is 2.13. The van der Waals surface area contributed by atoms with Crippen molar-refractivity contribution in [1.29, 1.82) is 0 Å². The molecule has 1 aromatic carbocycles. The number of rotatable bonds is 7. The van der Waals surface area contributed by atoms with E-state index < -0.39 is 6.04 Å². The van der Waals surface area contributed by atoms with Gasteiger partial charge in [0.25, 0.3) is 5.91 Å². The summed E-state index contributed by atoms with van der Waals surface area (Å²) in [5.41, 5.74) is 1.62. The van der Waals surface area contributed by atoms with E-state index in [9.17, 15) is 9.59 Å². The molecule has 2 unspecified atom stereocenters. The average molecular weight is 382 g/mol. The number of halogens is 1. The van der Waals surface area contributed by atoms with Gasteiger partial charge in [0.05, 0.1) is 0 Å². The fourth-order valence-electron chi connectivity index (χ4n) is 3.23. The van der Waals surface area contributed by atoms with Gasteiger partial charge in [-0.05, 0) is 63.2 Å². The molecule has 26 heavy (non-hydrogen) atoms. The van der Waals surface area contributed by atoms with E-state index in [2.05, 4.69) is 16.0 Å².